The van der Waals surface area contributed by atoms with Crippen LogP contribution < -0.4 is 0 Å². The van der Waals surface area contributed by atoms with Gasteiger partial charge in [0, 0.05) is 8.90 Å². The molecule has 0 bridgehead atoms. The van der Waals surface area contributed by atoms with Crippen molar-refractivity contribution in [2.24, 2.45) is 5.41 Å². The third kappa shape index (κ3) is 4.90. The topological polar surface area (TPSA) is 0 Å². The van der Waals surface area contributed by atoms with Gasteiger partial charge in [-0.25, -0.2) is 0 Å². The van der Waals surface area contributed by atoms with Crippen molar-refractivity contribution in [3.05, 3.63) is 33.4 Å². The summed E-state index contributed by atoms with van der Waals surface area (Å²) in [5, 5.41) is 1.11. The van der Waals surface area contributed by atoms with E-state index in [1.807, 2.05) is 0 Å². The van der Waals surface area contributed by atoms with E-state index in [1.165, 1.54) is 41.2 Å². The monoisotopic (exact) mass is 408 g/mol. The van der Waals surface area contributed by atoms with Gasteiger partial charge in [0.2, 0.25) is 0 Å². The molecule has 0 saturated heterocycles. The highest BCUT2D eigenvalue weighted by atomic mass is 127. The minimum absolute atomic E-state index is 0.447. The molecule has 0 radical (unpaired) electrons. The molecule has 2 heteroatoms. The smallest absolute Gasteiger partial charge is 0.0130 e. The molecule has 0 fully saturated rings. The second kappa shape index (κ2) is 7.78. The molecule has 1 aromatic carbocycles. The third-order valence-electron chi connectivity index (χ3n) is 3.59. The van der Waals surface area contributed by atoms with Gasteiger partial charge in [-0.15, -0.1) is 0 Å². The average molecular weight is 409 g/mol. The maximum absolute atomic E-state index is 3.73. The highest BCUT2D eigenvalue weighted by molar-refractivity contribution is 14.1. The lowest BCUT2D eigenvalue weighted by atomic mass is 9.77. The van der Waals surface area contributed by atoms with Crippen LogP contribution in [-0.4, -0.2) is 5.33 Å². The summed E-state index contributed by atoms with van der Waals surface area (Å²) in [6.45, 7) is 4.60. The Labute approximate surface area is 128 Å². The van der Waals surface area contributed by atoms with Gasteiger partial charge in [-0.3, -0.25) is 0 Å². The number of hydrogen-bond donors (Lipinski definition) is 0. The van der Waals surface area contributed by atoms with Gasteiger partial charge >= 0.3 is 0 Å². The molecule has 0 N–H and O–H groups in total. The van der Waals surface area contributed by atoms with Gasteiger partial charge in [0.05, 0.1) is 0 Å². The predicted octanol–water partition coefficient (Wildman–Crippen LogP) is 5.82. The molecule has 0 aliphatic carbocycles. The zero-order chi connectivity index (χ0) is 12.7. The zero-order valence-electron chi connectivity index (χ0n) is 10.8. The molecule has 1 atom stereocenters. The van der Waals surface area contributed by atoms with Gasteiger partial charge in [-0.2, -0.15) is 0 Å². The van der Waals surface area contributed by atoms with Gasteiger partial charge in [0.15, 0.2) is 0 Å². The van der Waals surface area contributed by atoms with Crippen LogP contribution in [-0.2, 0) is 6.42 Å². The lowest BCUT2D eigenvalue weighted by Gasteiger charge is -2.31. The predicted molar refractivity (Wildman–Crippen MR) is 88.9 cm³/mol. The molecule has 96 valence electrons. The van der Waals surface area contributed by atoms with Crippen molar-refractivity contribution in [3.8, 4) is 0 Å². The number of hydrogen-bond acceptors (Lipinski definition) is 0. The van der Waals surface area contributed by atoms with Crippen molar-refractivity contribution in [2.45, 2.75) is 46.0 Å². The van der Waals surface area contributed by atoms with E-state index in [0.29, 0.717) is 5.41 Å². The van der Waals surface area contributed by atoms with Crippen LogP contribution in [0.25, 0.3) is 0 Å². The molecule has 1 unspecified atom stereocenters. The first-order valence-electron chi connectivity index (χ1n) is 6.46. The Morgan fingerprint density at radius 1 is 1.18 bits per heavy atom. The second-order valence-electron chi connectivity index (χ2n) is 4.89. The van der Waals surface area contributed by atoms with Crippen LogP contribution in [0.5, 0.6) is 0 Å². The van der Waals surface area contributed by atoms with Crippen LogP contribution in [0.4, 0.5) is 0 Å². The summed E-state index contributed by atoms with van der Waals surface area (Å²) in [5.74, 6) is 0. The number of rotatable bonds is 7. The number of halogens is 2. The van der Waals surface area contributed by atoms with Crippen molar-refractivity contribution in [2.75, 3.05) is 5.33 Å². The third-order valence-corrected chi connectivity index (χ3v) is 5.50. The SMILES string of the molecule is CCCCC(CC)(CBr)Cc1ccc(I)cc1. The van der Waals surface area contributed by atoms with Gasteiger partial charge < -0.3 is 0 Å². The van der Waals surface area contributed by atoms with Crippen LogP contribution in [0, 0.1) is 8.99 Å². The van der Waals surface area contributed by atoms with Crippen molar-refractivity contribution < 1.29 is 0 Å². The molecule has 17 heavy (non-hydrogen) atoms. The molecule has 0 aromatic heterocycles. The van der Waals surface area contributed by atoms with Crippen LogP contribution in [0.1, 0.15) is 45.1 Å². The molecule has 0 nitrogen and oxygen atoms in total. The summed E-state index contributed by atoms with van der Waals surface area (Å²) in [6, 6.07) is 8.98. The minimum atomic E-state index is 0.447. The highest BCUT2D eigenvalue weighted by Gasteiger charge is 2.26. The Morgan fingerprint density at radius 3 is 2.29 bits per heavy atom. The summed E-state index contributed by atoms with van der Waals surface area (Å²) < 4.78 is 1.32. The molecule has 1 rings (SSSR count). The Bertz CT molecular complexity index is 314. The fourth-order valence-corrected chi connectivity index (χ4v) is 3.42. The number of unbranched alkanes of at least 4 members (excludes halogenated alkanes) is 1. The fraction of sp³-hybridized carbons (Fsp3) is 0.600. The zero-order valence-corrected chi connectivity index (χ0v) is 14.6. The summed E-state index contributed by atoms with van der Waals surface area (Å²) in [4.78, 5) is 0. The molecule has 1 aromatic rings. The maximum atomic E-state index is 3.73. The first-order valence-corrected chi connectivity index (χ1v) is 8.66. The lowest BCUT2D eigenvalue weighted by Crippen LogP contribution is -2.24. The van der Waals surface area contributed by atoms with Crippen molar-refractivity contribution in [1.29, 1.82) is 0 Å². The van der Waals surface area contributed by atoms with Gasteiger partial charge in [0.1, 0.15) is 0 Å². The van der Waals surface area contributed by atoms with Crippen molar-refractivity contribution in [3.63, 3.8) is 0 Å². The van der Waals surface area contributed by atoms with Gasteiger partial charge in [-0.1, -0.05) is 54.8 Å². The van der Waals surface area contributed by atoms with Crippen LogP contribution in [0.2, 0.25) is 0 Å². The van der Waals surface area contributed by atoms with Crippen LogP contribution in [0.15, 0.2) is 24.3 Å². The number of benzene rings is 1. The summed E-state index contributed by atoms with van der Waals surface area (Å²) in [6.07, 6.45) is 6.42. The maximum Gasteiger partial charge on any atom is 0.0130 e. The van der Waals surface area contributed by atoms with Crippen LogP contribution >= 0.6 is 38.5 Å². The molecular formula is C15H22BrI. The second-order valence-corrected chi connectivity index (χ2v) is 6.70. The number of alkyl halides is 1. The lowest BCUT2D eigenvalue weighted by molar-refractivity contribution is 0.284. The Hall–Kier alpha value is 0.430. The Kier molecular flexibility index (Phi) is 7.08. The molecule has 0 saturated carbocycles. The van der Waals surface area contributed by atoms with E-state index in [2.05, 4.69) is 76.6 Å². The standard InChI is InChI=1S/C15H22BrI/c1-3-5-10-15(4-2,12-16)11-13-6-8-14(17)9-7-13/h6-9H,3-5,10-12H2,1-2H3. The van der Waals surface area contributed by atoms with E-state index in [-0.39, 0.29) is 0 Å². The molecule has 0 spiro atoms. The molecular weight excluding hydrogens is 387 g/mol. The molecule has 0 aliphatic heterocycles. The normalized spacial score (nSPS) is 14.6. The van der Waals surface area contributed by atoms with Gasteiger partial charge in [0.25, 0.3) is 0 Å². The first-order chi connectivity index (χ1) is 8.15. The van der Waals surface area contributed by atoms with E-state index in [1.54, 1.807) is 0 Å². The van der Waals surface area contributed by atoms with Gasteiger partial charge in [-0.05, 0) is 65.0 Å². The molecule has 0 amide bonds. The first kappa shape index (κ1) is 15.5. The minimum Gasteiger partial charge on any atom is -0.0922 e. The Morgan fingerprint density at radius 2 is 1.82 bits per heavy atom. The molecule has 0 aliphatic rings. The van der Waals surface area contributed by atoms with E-state index in [0.717, 1.165) is 5.33 Å². The van der Waals surface area contributed by atoms with E-state index in [4.69, 9.17) is 0 Å². The Balaban J connectivity index is 2.74. The fourth-order valence-electron chi connectivity index (χ4n) is 2.19. The molecule has 0 heterocycles. The summed E-state index contributed by atoms with van der Waals surface area (Å²) >= 11 is 6.10. The van der Waals surface area contributed by atoms with Crippen LogP contribution in [0.3, 0.4) is 0 Å². The van der Waals surface area contributed by atoms with E-state index in [9.17, 15) is 0 Å². The largest absolute Gasteiger partial charge is 0.0922 e. The van der Waals surface area contributed by atoms with E-state index < -0.39 is 0 Å². The highest BCUT2D eigenvalue weighted by Crippen LogP contribution is 2.35. The summed E-state index contributed by atoms with van der Waals surface area (Å²) in [7, 11) is 0. The average Bonchev–Trinajstić information content (AvgIpc) is 2.37. The summed E-state index contributed by atoms with van der Waals surface area (Å²) in [5.41, 5.74) is 1.92. The quantitative estimate of drug-likeness (QED) is 0.394. The van der Waals surface area contributed by atoms with E-state index >= 15 is 0 Å². The van der Waals surface area contributed by atoms with Crippen molar-refractivity contribution in [1.82, 2.24) is 0 Å². The van der Waals surface area contributed by atoms with Crippen molar-refractivity contribution >= 4 is 38.5 Å².